The average Bonchev–Trinajstić information content (AvgIpc) is 2.77. The second-order valence-corrected chi connectivity index (χ2v) is 4.62. The van der Waals surface area contributed by atoms with Crippen LogP contribution in [0.4, 0.5) is 5.69 Å². The third-order valence-electron chi connectivity index (χ3n) is 2.91. The minimum Gasteiger partial charge on any atom is -0.320 e. The van der Waals surface area contributed by atoms with E-state index in [-0.39, 0.29) is 5.91 Å². The number of nitrogens with zero attached hydrogens (tertiary/aromatic N) is 2. The lowest BCUT2D eigenvalue weighted by molar-refractivity contribution is -0.110. The fourth-order valence-electron chi connectivity index (χ4n) is 1.93. The Balaban J connectivity index is 1.90. The van der Waals surface area contributed by atoms with Gasteiger partial charge in [-0.2, -0.15) is 5.10 Å². The third-order valence-corrected chi connectivity index (χ3v) is 3.25. The van der Waals surface area contributed by atoms with Crippen molar-refractivity contribution < 1.29 is 4.79 Å². The Hall–Kier alpha value is -2.46. The van der Waals surface area contributed by atoms with Gasteiger partial charge in [-0.25, -0.2) is 0 Å². The van der Waals surface area contributed by atoms with Crippen molar-refractivity contribution in [1.29, 1.82) is 0 Å². The second-order valence-electron chi connectivity index (χ2n) is 4.21. The van der Waals surface area contributed by atoms with Crippen LogP contribution in [0.25, 0.3) is 0 Å². The van der Waals surface area contributed by atoms with Gasteiger partial charge in [-0.15, -0.1) is 5.10 Å². The van der Waals surface area contributed by atoms with Crippen molar-refractivity contribution in [3.8, 4) is 0 Å². The summed E-state index contributed by atoms with van der Waals surface area (Å²) < 4.78 is 0. The first-order valence-electron chi connectivity index (χ1n) is 6.02. The Labute approximate surface area is 120 Å². The predicted molar refractivity (Wildman–Crippen MR) is 80.7 cm³/mol. The highest BCUT2D eigenvalue weighted by atomic mass is 35.5. The first-order valence-corrected chi connectivity index (χ1v) is 6.40. The van der Waals surface area contributed by atoms with Gasteiger partial charge >= 0.3 is 0 Å². The zero-order valence-corrected chi connectivity index (χ0v) is 11.1. The number of nitrogens with one attached hydrogen (secondary N) is 1. The molecule has 0 atom stereocenters. The molecule has 0 spiro atoms. The number of rotatable bonds is 2. The van der Waals surface area contributed by atoms with E-state index in [1.807, 2.05) is 42.5 Å². The molecular formula is C15H10ClN3O. The SMILES string of the molecule is O=C1Nc2ccccc2/C1=N/N=Cc1ccccc1Cl. The monoisotopic (exact) mass is 283 g/mol. The van der Waals surface area contributed by atoms with E-state index in [4.69, 9.17) is 11.6 Å². The number of benzene rings is 2. The summed E-state index contributed by atoms with van der Waals surface area (Å²) in [6.07, 6.45) is 1.53. The average molecular weight is 284 g/mol. The number of hydrogen-bond acceptors (Lipinski definition) is 3. The van der Waals surface area contributed by atoms with E-state index < -0.39 is 0 Å². The van der Waals surface area contributed by atoms with Crippen LogP contribution in [0, 0.1) is 0 Å². The standard InChI is InChI=1S/C15H10ClN3O/c16-12-7-3-1-5-10(12)9-17-19-14-11-6-2-4-8-13(11)18-15(14)20/h1-9H,(H,18,19,20). The van der Waals surface area contributed by atoms with Crippen molar-refractivity contribution in [2.75, 3.05) is 5.32 Å². The molecule has 2 aromatic rings. The van der Waals surface area contributed by atoms with E-state index >= 15 is 0 Å². The number of halogens is 1. The molecule has 1 heterocycles. The molecule has 3 rings (SSSR count). The lowest BCUT2D eigenvalue weighted by Gasteiger charge is -1.95. The van der Waals surface area contributed by atoms with Gasteiger partial charge in [-0.1, -0.05) is 48.0 Å². The van der Waals surface area contributed by atoms with E-state index in [0.29, 0.717) is 10.7 Å². The van der Waals surface area contributed by atoms with E-state index in [1.165, 1.54) is 6.21 Å². The van der Waals surface area contributed by atoms with Crippen molar-refractivity contribution in [2.24, 2.45) is 10.2 Å². The summed E-state index contributed by atoms with van der Waals surface area (Å²) in [5, 5.41) is 11.3. The van der Waals surface area contributed by atoms with Crippen LogP contribution in [0.3, 0.4) is 0 Å². The predicted octanol–water partition coefficient (Wildman–Crippen LogP) is 3.12. The van der Waals surface area contributed by atoms with Crippen LogP contribution < -0.4 is 5.32 Å². The van der Waals surface area contributed by atoms with Crippen LogP contribution in [0.5, 0.6) is 0 Å². The number of fused-ring (bicyclic) bond motifs is 1. The second kappa shape index (κ2) is 5.27. The summed E-state index contributed by atoms with van der Waals surface area (Å²) >= 11 is 6.01. The molecule has 0 fully saturated rings. The molecule has 1 amide bonds. The van der Waals surface area contributed by atoms with Crippen molar-refractivity contribution in [2.45, 2.75) is 0 Å². The Morgan fingerprint density at radius 2 is 1.80 bits per heavy atom. The maximum atomic E-state index is 11.8. The molecule has 1 aliphatic rings. The van der Waals surface area contributed by atoms with Crippen LogP contribution in [0.15, 0.2) is 58.7 Å². The molecule has 1 N–H and O–H groups in total. The van der Waals surface area contributed by atoms with Crippen LogP contribution >= 0.6 is 11.6 Å². The van der Waals surface area contributed by atoms with Gasteiger partial charge < -0.3 is 5.32 Å². The normalized spacial score (nSPS) is 15.7. The Bertz CT molecular complexity index is 737. The third kappa shape index (κ3) is 2.33. The summed E-state index contributed by atoms with van der Waals surface area (Å²) in [6.45, 7) is 0. The molecule has 4 nitrogen and oxygen atoms in total. The highest BCUT2D eigenvalue weighted by Gasteiger charge is 2.25. The van der Waals surface area contributed by atoms with Crippen molar-refractivity contribution in [1.82, 2.24) is 0 Å². The van der Waals surface area contributed by atoms with E-state index in [0.717, 1.165) is 16.8 Å². The first kappa shape index (κ1) is 12.6. The minimum atomic E-state index is -0.248. The minimum absolute atomic E-state index is 0.248. The number of amides is 1. The van der Waals surface area contributed by atoms with Gasteiger partial charge in [-0.3, -0.25) is 4.79 Å². The van der Waals surface area contributed by atoms with Crippen molar-refractivity contribution in [3.63, 3.8) is 0 Å². The van der Waals surface area contributed by atoms with Crippen LogP contribution in [-0.4, -0.2) is 17.8 Å². The summed E-state index contributed by atoms with van der Waals surface area (Å²) in [5.41, 5.74) is 2.58. The Kier molecular flexibility index (Phi) is 3.31. The summed E-state index contributed by atoms with van der Waals surface area (Å²) in [4.78, 5) is 11.8. The van der Waals surface area contributed by atoms with E-state index in [1.54, 1.807) is 6.07 Å². The number of carbonyl (C=O) groups is 1. The van der Waals surface area contributed by atoms with E-state index in [9.17, 15) is 4.79 Å². The van der Waals surface area contributed by atoms with Crippen LogP contribution in [-0.2, 0) is 4.79 Å². The molecule has 98 valence electrons. The number of para-hydroxylation sites is 1. The maximum absolute atomic E-state index is 11.8. The molecule has 0 radical (unpaired) electrons. The molecule has 0 aliphatic carbocycles. The molecule has 0 unspecified atom stereocenters. The number of hydrogen-bond donors (Lipinski definition) is 1. The highest BCUT2D eigenvalue weighted by Crippen LogP contribution is 2.22. The van der Waals surface area contributed by atoms with Crippen LogP contribution in [0.1, 0.15) is 11.1 Å². The molecular weight excluding hydrogens is 274 g/mol. The highest BCUT2D eigenvalue weighted by molar-refractivity contribution is 6.53. The Morgan fingerprint density at radius 3 is 2.65 bits per heavy atom. The maximum Gasteiger partial charge on any atom is 0.276 e. The molecule has 20 heavy (non-hydrogen) atoms. The van der Waals surface area contributed by atoms with Crippen molar-refractivity contribution in [3.05, 3.63) is 64.7 Å². The zero-order valence-electron chi connectivity index (χ0n) is 10.4. The van der Waals surface area contributed by atoms with Crippen molar-refractivity contribution >= 4 is 35.1 Å². The lowest BCUT2D eigenvalue weighted by atomic mass is 10.1. The quantitative estimate of drug-likeness (QED) is 0.668. The van der Waals surface area contributed by atoms with Gasteiger partial charge in [0.15, 0.2) is 5.71 Å². The molecule has 0 saturated carbocycles. The van der Waals surface area contributed by atoms with Gasteiger partial charge in [0.2, 0.25) is 0 Å². The smallest absolute Gasteiger partial charge is 0.276 e. The fourth-order valence-corrected chi connectivity index (χ4v) is 2.11. The molecule has 2 aromatic carbocycles. The Morgan fingerprint density at radius 1 is 1.05 bits per heavy atom. The molecule has 1 aliphatic heterocycles. The molecule has 0 aromatic heterocycles. The van der Waals surface area contributed by atoms with Gasteiger partial charge in [0.05, 0.1) is 11.9 Å². The largest absolute Gasteiger partial charge is 0.320 e. The first-order chi connectivity index (χ1) is 9.75. The molecule has 0 saturated heterocycles. The van der Waals surface area contributed by atoms with Gasteiger partial charge in [0, 0.05) is 16.1 Å². The summed E-state index contributed by atoms with van der Waals surface area (Å²) in [5.74, 6) is -0.248. The molecule has 0 bridgehead atoms. The van der Waals surface area contributed by atoms with Crippen LogP contribution in [0.2, 0.25) is 5.02 Å². The summed E-state index contributed by atoms with van der Waals surface area (Å²) in [6, 6.07) is 14.7. The van der Waals surface area contributed by atoms with Gasteiger partial charge in [-0.05, 0) is 12.1 Å². The lowest BCUT2D eigenvalue weighted by Crippen LogP contribution is -2.13. The van der Waals surface area contributed by atoms with Gasteiger partial charge in [0.1, 0.15) is 0 Å². The topological polar surface area (TPSA) is 53.8 Å². The number of anilines is 1. The van der Waals surface area contributed by atoms with Gasteiger partial charge in [0.25, 0.3) is 5.91 Å². The molecule has 5 heteroatoms. The number of carbonyl (C=O) groups excluding carboxylic acids is 1. The van der Waals surface area contributed by atoms with E-state index in [2.05, 4.69) is 15.5 Å². The fraction of sp³-hybridized carbons (Fsp3) is 0. The zero-order chi connectivity index (χ0) is 13.9. The summed E-state index contributed by atoms with van der Waals surface area (Å²) in [7, 11) is 0.